The van der Waals surface area contributed by atoms with Gasteiger partial charge in [-0.25, -0.2) is 0 Å². The van der Waals surface area contributed by atoms with Gasteiger partial charge < -0.3 is 15.8 Å². The van der Waals surface area contributed by atoms with Gasteiger partial charge in [0.2, 0.25) is 0 Å². The summed E-state index contributed by atoms with van der Waals surface area (Å²) >= 11 is 0. The van der Waals surface area contributed by atoms with Gasteiger partial charge >= 0.3 is 0 Å². The monoisotopic (exact) mass is 192 g/mol. The molecular formula is C10H28N2O. The van der Waals surface area contributed by atoms with Gasteiger partial charge in [-0.3, -0.25) is 0 Å². The molecule has 0 unspecified atom stereocenters. The maximum atomic E-state index is 8.00. The Morgan fingerprint density at radius 2 is 0.846 bits per heavy atom. The van der Waals surface area contributed by atoms with Crippen LogP contribution in [0.3, 0.4) is 0 Å². The fourth-order valence-electron chi connectivity index (χ4n) is 0. The third-order valence-corrected chi connectivity index (χ3v) is 0. The first-order valence-corrected chi connectivity index (χ1v) is 3.87. The second-order valence-corrected chi connectivity index (χ2v) is 0.500. The number of nitrogens with two attached hydrogens (primary N) is 1. The summed E-state index contributed by atoms with van der Waals surface area (Å²) in [6, 6.07) is 0. The van der Waals surface area contributed by atoms with Crippen LogP contribution in [0.1, 0.15) is 13.8 Å². The molecule has 0 saturated heterocycles. The number of carbonyl (C=O) groups is 1. The van der Waals surface area contributed by atoms with Gasteiger partial charge in [0.05, 0.1) is 0 Å². The van der Waals surface area contributed by atoms with Crippen LogP contribution in [0.15, 0.2) is 26.3 Å². The molecule has 13 heavy (non-hydrogen) atoms. The van der Waals surface area contributed by atoms with Gasteiger partial charge in [-0.05, 0) is 21.1 Å². The van der Waals surface area contributed by atoms with E-state index in [0.717, 1.165) is 0 Å². The topological polar surface area (TPSA) is 55.1 Å². The van der Waals surface area contributed by atoms with E-state index in [1.54, 1.807) is 0 Å². The van der Waals surface area contributed by atoms with Crippen LogP contribution < -0.4 is 11.1 Å². The molecule has 0 rings (SSSR count). The smallest absolute Gasteiger partial charge is 0.106 e. The van der Waals surface area contributed by atoms with E-state index >= 15 is 0 Å². The van der Waals surface area contributed by atoms with Gasteiger partial charge in [0.1, 0.15) is 6.79 Å². The molecule has 3 N–H and O–H groups in total. The minimum atomic E-state index is 1.50. The van der Waals surface area contributed by atoms with Crippen molar-refractivity contribution in [2.75, 3.05) is 21.1 Å². The lowest BCUT2D eigenvalue weighted by atomic mass is 11.0. The Bertz CT molecular complexity index is 24.1. The molecule has 0 aromatic heterocycles. The van der Waals surface area contributed by atoms with Gasteiger partial charge in [0, 0.05) is 0 Å². The zero-order valence-electron chi connectivity index (χ0n) is 10.0. The predicted molar refractivity (Wildman–Crippen MR) is 66.1 cm³/mol. The first-order valence-electron chi connectivity index (χ1n) is 3.87. The van der Waals surface area contributed by atoms with Crippen molar-refractivity contribution in [3.63, 3.8) is 0 Å². The van der Waals surface area contributed by atoms with Crippen LogP contribution in [-0.2, 0) is 4.79 Å². The molecule has 0 heterocycles. The number of carbonyl (C=O) groups excluding carboxylic acids is 1. The molecule has 3 nitrogen and oxygen atoms in total. The van der Waals surface area contributed by atoms with E-state index < -0.39 is 0 Å². The van der Waals surface area contributed by atoms with Gasteiger partial charge in [-0.1, -0.05) is 13.8 Å². The molecule has 0 fully saturated rings. The van der Waals surface area contributed by atoms with Crippen LogP contribution in [0.4, 0.5) is 0 Å². The average molecular weight is 192 g/mol. The maximum Gasteiger partial charge on any atom is 0.106 e. The zero-order chi connectivity index (χ0) is 12.7. The third kappa shape index (κ3) is 1050. The summed E-state index contributed by atoms with van der Waals surface area (Å²) in [7, 11) is 5.25. The Hall–Kier alpha value is -0.930. The molecule has 84 valence electrons. The molecule has 0 aliphatic carbocycles. The fourth-order valence-corrected chi connectivity index (χ4v) is 0. The van der Waals surface area contributed by atoms with E-state index in [-0.39, 0.29) is 0 Å². The van der Waals surface area contributed by atoms with Crippen LogP contribution in [0.2, 0.25) is 0 Å². The number of hydrogen-bond donors (Lipinski definition) is 2. The van der Waals surface area contributed by atoms with E-state index in [1.165, 1.54) is 7.05 Å². The molecule has 0 aromatic carbocycles. The lowest BCUT2D eigenvalue weighted by Crippen LogP contribution is -1.89. The summed E-state index contributed by atoms with van der Waals surface area (Å²) in [6.45, 7) is 18.0. The Balaban J connectivity index is -0.0000000115. The maximum absolute atomic E-state index is 8.00. The molecule has 3 heteroatoms. The first-order chi connectivity index (χ1) is 6.41. The molecule has 0 spiro atoms. The van der Waals surface area contributed by atoms with Crippen LogP contribution in [-0.4, -0.2) is 27.9 Å². The second kappa shape index (κ2) is 229000. The standard InChI is InChI=1S/C2H7N.C2H6.2C2H4.CH5N.CH2O/c1-3-2;5*1-2/h3H,1-2H3;1-2H3;2*1-2H2;2H2,1H3;1H2. The molecule has 0 aliphatic rings. The van der Waals surface area contributed by atoms with Crippen molar-refractivity contribution < 1.29 is 4.79 Å². The molecule has 0 atom stereocenters. The lowest BCUT2D eigenvalue weighted by molar-refractivity contribution is -0.0979. The largest absolute Gasteiger partial charge is 0.333 e. The average Bonchev–Trinajstić information content (AvgIpc) is 2.32. The highest BCUT2D eigenvalue weighted by molar-refractivity contribution is 5.10. The minimum Gasteiger partial charge on any atom is -0.333 e. The van der Waals surface area contributed by atoms with E-state index in [0.29, 0.717) is 0 Å². The normalized spacial score (nSPS) is 3.23. The van der Waals surface area contributed by atoms with Crippen molar-refractivity contribution in [2.45, 2.75) is 13.8 Å². The Labute approximate surface area is 84.7 Å². The van der Waals surface area contributed by atoms with Crippen LogP contribution >= 0.6 is 0 Å². The Kier molecular flexibility index (Phi) is 707000. The van der Waals surface area contributed by atoms with Crippen molar-refractivity contribution in [3.05, 3.63) is 26.3 Å². The molecule has 0 aromatic rings. The van der Waals surface area contributed by atoms with Crippen LogP contribution in [0, 0.1) is 0 Å². The van der Waals surface area contributed by atoms with Crippen molar-refractivity contribution in [3.8, 4) is 0 Å². The number of nitrogens with one attached hydrogen (secondary N) is 1. The van der Waals surface area contributed by atoms with Crippen LogP contribution in [0.25, 0.3) is 0 Å². The van der Waals surface area contributed by atoms with Crippen molar-refractivity contribution in [1.82, 2.24) is 5.32 Å². The molecule has 0 bridgehead atoms. The van der Waals surface area contributed by atoms with Gasteiger partial charge in [-0.2, -0.15) is 0 Å². The molecule has 0 aliphatic heterocycles. The van der Waals surface area contributed by atoms with E-state index in [2.05, 4.69) is 37.4 Å². The number of rotatable bonds is 0. The highest BCUT2D eigenvalue weighted by atomic mass is 16.1. The van der Waals surface area contributed by atoms with E-state index in [4.69, 9.17) is 4.79 Å². The summed E-state index contributed by atoms with van der Waals surface area (Å²) < 4.78 is 0. The highest BCUT2D eigenvalue weighted by Gasteiger charge is 1.25. The first kappa shape index (κ1) is 40.1. The van der Waals surface area contributed by atoms with E-state index in [1.807, 2.05) is 34.7 Å². The zero-order valence-corrected chi connectivity index (χ0v) is 10.0. The highest BCUT2D eigenvalue weighted by Crippen LogP contribution is 1.14. The minimum absolute atomic E-state index is 1.50. The predicted octanol–water partition coefficient (Wildman–Crippen LogP) is 1.86. The van der Waals surface area contributed by atoms with Gasteiger partial charge in [0.25, 0.3) is 0 Å². The SMILES string of the molecule is C=C.C=C.C=O.CC.CN.CNC. The Morgan fingerprint density at radius 3 is 0.846 bits per heavy atom. The summed E-state index contributed by atoms with van der Waals surface area (Å²) in [6.07, 6.45) is 0. The summed E-state index contributed by atoms with van der Waals surface area (Å²) in [5.74, 6) is 0. The van der Waals surface area contributed by atoms with Crippen molar-refractivity contribution >= 4 is 6.79 Å². The van der Waals surface area contributed by atoms with Crippen molar-refractivity contribution in [1.29, 1.82) is 0 Å². The quantitative estimate of drug-likeness (QED) is 0.576. The summed E-state index contributed by atoms with van der Waals surface area (Å²) in [5.41, 5.74) is 4.50. The van der Waals surface area contributed by atoms with E-state index in [9.17, 15) is 0 Å². The molecule has 0 saturated carbocycles. The van der Waals surface area contributed by atoms with Crippen molar-refractivity contribution in [2.24, 2.45) is 5.73 Å². The molecule has 0 radical (unpaired) electrons. The Morgan fingerprint density at radius 1 is 0.846 bits per heavy atom. The third-order valence-electron chi connectivity index (χ3n) is 0. The summed E-state index contributed by atoms with van der Waals surface area (Å²) in [5, 5.41) is 2.75. The fraction of sp³-hybridized carbons (Fsp3) is 0.500. The summed E-state index contributed by atoms with van der Waals surface area (Å²) in [4.78, 5) is 8.00. The molecule has 0 amide bonds. The lowest BCUT2D eigenvalue weighted by Gasteiger charge is -1.59. The molecular weight excluding hydrogens is 164 g/mol. The van der Waals surface area contributed by atoms with Gasteiger partial charge in [0.15, 0.2) is 0 Å². The number of hydrogen-bond acceptors (Lipinski definition) is 3. The van der Waals surface area contributed by atoms with Crippen LogP contribution in [0.5, 0.6) is 0 Å². The second-order valence-electron chi connectivity index (χ2n) is 0.500. The van der Waals surface area contributed by atoms with Gasteiger partial charge in [-0.15, -0.1) is 26.3 Å².